The SMILES string of the molecule is CCC(C)(C)C1CCc2c(sc(NC(=O)CSc3nnc(-c4ccccc4)o3)c2C#N)C1. The number of carbonyl (C=O) groups excluding carboxylic acids is 1. The highest BCUT2D eigenvalue weighted by atomic mass is 32.2. The van der Waals surface area contributed by atoms with E-state index in [-0.39, 0.29) is 17.1 Å². The number of thiophene rings is 1. The van der Waals surface area contributed by atoms with Crippen molar-refractivity contribution in [2.45, 2.75) is 51.7 Å². The predicted molar refractivity (Wildman–Crippen MR) is 128 cm³/mol. The van der Waals surface area contributed by atoms with Gasteiger partial charge in [-0.2, -0.15) is 5.26 Å². The summed E-state index contributed by atoms with van der Waals surface area (Å²) in [4.78, 5) is 13.8. The van der Waals surface area contributed by atoms with E-state index in [1.165, 1.54) is 16.6 Å². The Balaban J connectivity index is 1.40. The summed E-state index contributed by atoms with van der Waals surface area (Å²) in [6.45, 7) is 6.88. The molecule has 0 radical (unpaired) electrons. The average molecular weight is 467 g/mol. The summed E-state index contributed by atoms with van der Waals surface area (Å²) in [6, 6.07) is 11.8. The Morgan fingerprint density at radius 2 is 2.12 bits per heavy atom. The van der Waals surface area contributed by atoms with E-state index in [0.29, 0.717) is 27.6 Å². The standard InChI is InChI=1S/C24H26N4O2S2/c1-4-24(2,3)16-10-11-17-18(13-25)22(32-19(17)12-16)26-20(29)14-31-23-28-27-21(30-23)15-8-6-5-7-9-15/h5-9,16H,4,10-12,14H2,1-3H3,(H,26,29). The maximum Gasteiger partial charge on any atom is 0.277 e. The van der Waals surface area contributed by atoms with Gasteiger partial charge in [0.2, 0.25) is 11.8 Å². The van der Waals surface area contributed by atoms with Gasteiger partial charge >= 0.3 is 0 Å². The molecule has 0 aliphatic heterocycles. The molecule has 1 amide bonds. The summed E-state index contributed by atoms with van der Waals surface area (Å²) in [7, 11) is 0. The molecule has 1 N–H and O–H groups in total. The topological polar surface area (TPSA) is 91.8 Å². The molecule has 0 spiro atoms. The van der Waals surface area contributed by atoms with Gasteiger partial charge in [-0.25, -0.2) is 0 Å². The van der Waals surface area contributed by atoms with Crippen LogP contribution in [0.3, 0.4) is 0 Å². The van der Waals surface area contributed by atoms with E-state index in [2.05, 4.69) is 42.4 Å². The molecule has 1 aromatic carbocycles. The van der Waals surface area contributed by atoms with Crippen molar-refractivity contribution in [1.29, 1.82) is 5.26 Å². The molecular weight excluding hydrogens is 440 g/mol. The molecule has 4 rings (SSSR count). The molecule has 1 aliphatic carbocycles. The summed E-state index contributed by atoms with van der Waals surface area (Å²) in [6.07, 6.45) is 4.09. The Morgan fingerprint density at radius 1 is 1.34 bits per heavy atom. The molecule has 0 bridgehead atoms. The predicted octanol–water partition coefficient (Wildman–Crippen LogP) is 5.94. The number of hydrogen-bond acceptors (Lipinski definition) is 7. The molecule has 0 fully saturated rings. The summed E-state index contributed by atoms with van der Waals surface area (Å²) >= 11 is 2.74. The minimum absolute atomic E-state index is 0.134. The van der Waals surface area contributed by atoms with Crippen LogP contribution in [-0.4, -0.2) is 21.9 Å². The Labute approximate surface area is 196 Å². The van der Waals surface area contributed by atoms with Crippen LogP contribution in [0.1, 0.15) is 49.6 Å². The highest BCUT2D eigenvalue weighted by Crippen LogP contribution is 2.45. The molecule has 0 saturated heterocycles. The summed E-state index contributed by atoms with van der Waals surface area (Å²) < 4.78 is 5.65. The number of rotatable bonds is 7. The minimum Gasteiger partial charge on any atom is -0.411 e. The van der Waals surface area contributed by atoms with Gasteiger partial charge in [-0.1, -0.05) is 57.2 Å². The number of nitrogens with one attached hydrogen (secondary N) is 1. The van der Waals surface area contributed by atoms with Crippen LogP contribution in [0.15, 0.2) is 40.0 Å². The molecule has 2 aromatic heterocycles. The lowest BCUT2D eigenvalue weighted by Crippen LogP contribution is -2.28. The van der Waals surface area contributed by atoms with Crippen LogP contribution < -0.4 is 5.32 Å². The first-order valence-corrected chi connectivity index (χ1v) is 12.6. The Bertz CT molecular complexity index is 1140. The Morgan fingerprint density at radius 3 is 2.84 bits per heavy atom. The van der Waals surface area contributed by atoms with E-state index in [9.17, 15) is 10.1 Å². The van der Waals surface area contributed by atoms with Crippen LogP contribution >= 0.6 is 23.1 Å². The molecule has 0 saturated carbocycles. The third-order valence-electron chi connectivity index (χ3n) is 6.40. The normalized spacial score (nSPS) is 15.8. The molecule has 2 heterocycles. The number of amides is 1. The van der Waals surface area contributed by atoms with Gasteiger partial charge in [0.15, 0.2) is 0 Å². The zero-order chi connectivity index (χ0) is 22.7. The van der Waals surface area contributed by atoms with Crippen LogP contribution in [-0.2, 0) is 17.6 Å². The van der Waals surface area contributed by atoms with Gasteiger partial charge in [-0.05, 0) is 48.3 Å². The third kappa shape index (κ3) is 4.74. The second-order valence-electron chi connectivity index (χ2n) is 8.68. The van der Waals surface area contributed by atoms with Crippen molar-refractivity contribution in [3.8, 4) is 17.5 Å². The van der Waals surface area contributed by atoms with E-state index in [1.807, 2.05) is 30.3 Å². The number of hydrogen-bond donors (Lipinski definition) is 1. The molecule has 166 valence electrons. The fourth-order valence-electron chi connectivity index (χ4n) is 4.00. The number of nitriles is 1. The molecule has 3 aromatic rings. The van der Waals surface area contributed by atoms with E-state index in [4.69, 9.17) is 4.42 Å². The van der Waals surface area contributed by atoms with Gasteiger partial charge in [0.1, 0.15) is 11.1 Å². The van der Waals surface area contributed by atoms with Gasteiger partial charge < -0.3 is 9.73 Å². The molecule has 32 heavy (non-hydrogen) atoms. The smallest absolute Gasteiger partial charge is 0.277 e. The zero-order valence-corrected chi connectivity index (χ0v) is 20.1. The van der Waals surface area contributed by atoms with Crippen molar-refractivity contribution in [3.05, 3.63) is 46.3 Å². The number of anilines is 1. The lowest BCUT2D eigenvalue weighted by atomic mass is 9.69. The summed E-state index contributed by atoms with van der Waals surface area (Å²) in [5.41, 5.74) is 2.86. The molecule has 1 aliphatic rings. The minimum atomic E-state index is -0.185. The second kappa shape index (κ2) is 9.47. The fourth-order valence-corrected chi connectivity index (χ4v) is 5.86. The highest BCUT2D eigenvalue weighted by Gasteiger charge is 2.34. The lowest BCUT2D eigenvalue weighted by Gasteiger charge is -2.36. The zero-order valence-electron chi connectivity index (χ0n) is 18.5. The van der Waals surface area contributed by atoms with Gasteiger partial charge in [0.05, 0.1) is 11.3 Å². The quantitative estimate of drug-likeness (QED) is 0.433. The van der Waals surface area contributed by atoms with Crippen molar-refractivity contribution in [3.63, 3.8) is 0 Å². The molecule has 1 unspecified atom stereocenters. The third-order valence-corrected chi connectivity index (χ3v) is 8.39. The monoisotopic (exact) mass is 466 g/mol. The highest BCUT2D eigenvalue weighted by molar-refractivity contribution is 7.99. The van der Waals surface area contributed by atoms with Crippen LogP contribution in [0, 0.1) is 22.7 Å². The van der Waals surface area contributed by atoms with Crippen LogP contribution in [0.4, 0.5) is 5.00 Å². The van der Waals surface area contributed by atoms with Crippen LogP contribution in [0.5, 0.6) is 0 Å². The summed E-state index contributed by atoms with van der Waals surface area (Å²) in [5.74, 6) is 0.974. The maximum atomic E-state index is 12.6. The molecular formula is C24H26N4O2S2. The number of thioether (sulfide) groups is 1. The Hall–Kier alpha value is -2.63. The number of carbonyl (C=O) groups is 1. The largest absolute Gasteiger partial charge is 0.411 e. The second-order valence-corrected chi connectivity index (χ2v) is 10.7. The van der Waals surface area contributed by atoms with Crippen LogP contribution in [0.2, 0.25) is 0 Å². The van der Waals surface area contributed by atoms with E-state index >= 15 is 0 Å². The first-order chi connectivity index (χ1) is 15.4. The van der Waals surface area contributed by atoms with E-state index in [0.717, 1.165) is 36.8 Å². The average Bonchev–Trinajstić information content (AvgIpc) is 3.42. The lowest BCUT2D eigenvalue weighted by molar-refractivity contribution is -0.113. The van der Waals surface area contributed by atoms with Crippen LogP contribution in [0.25, 0.3) is 11.5 Å². The Kier molecular flexibility index (Phi) is 6.68. The maximum absolute atomic E-state index is 12.6. The van der Waals surface area contributed by atoms with Crippen molar-refractivity contribution in [1.82, 2.24) is 10.2 Å². The van der Waals surface area contributed by atoms with Crippen molar-refractivity contribution >= 4 is 34.0 Å². The molecule has 6 nitrogen and oxygen atoms in total. The van der Waals surface area contributed by atoms with Gasteiger partial charge in [-0.3, -0.25) is 4.79 Å². The summed E-state index contributed by atoms with van der Waals surface area (Å²) in [5, 5.41) is 21.7. The fraction of sp³-hybridized carbons (Fsp3) is 0.417. The number of benzene rings is 1. The number of fused-ring (bicyclic) bond motifs is 1. The first kappa shape index (κ1) is 22.6. The van der Waals surface area contributed by atoms with Gasteiger partial charge in [-0.15, -0.1) is 21.5 Å². The first-order valence-electron chi connectivity index (χ1n) is 10.8. The van der Waals surface area contributed by atoms with E-state index < -0.39 is 0 Å². The molecule has 1 atom stereocenters. The van der Waals surface area contributed by atoms with Gasteiger partial charge in [0, 0.05) is 10.4 Å². The van der Waals surface area contributed by atoms with Crippen molar-refractivity contribution in [2.75, 3.05) is 11.1 Å². The van der Waals surface area contributed by atoms with Gasteiger partial charge in [0.25, 0.3) is 5.22 Å². The van der Waals surface area contributed by atoms with Crippen molar-refractivity contribution < 1.29 is 9.21 Å². The molecule has 8 heteroatoms. The number of nitrogens with zero attached hydrogens (tertiary/aromatic N) is 3. The number of aromatic nitrogens is 2. The van der Waals surface area contributed by atoms with E-state index in [1.54, 1.807) is 11.3 Å². The van der Waals surface area contributed by atoms with Crippen molar-refractivity contribution in [2.24, 2.45) is 11.3 Å².